The highest BCUT2D eigenvalue weighted by atomic mass is 32.2. The van der Waals surface area contributed by atoms with Crippen LogP contribution in [0.15, 0.2) is 0 Å². The first kappa shape index (κ1) is 14.8. The first-order chi connectivity index (χ1) is 6.88. The van der Waals surface area contributed by atoms with Gasteiger partial charge >= 0.3 is 0 Å². The molecule has 1 atom stereocenters. The zero-order valence-electron chi connectivity index (χ0n) is 10.2. The number of thioether (sulfide) groups is 1. The van der Waals surface area contributed by atoms with Crippen LogP contribution in [-0.2, 0) is 4.79 Å². The van der Waals surface area contributed by atoms with E-state index in [2.05, 4.69) is 12.2 Å². The SMILES string of the molecule is CCSCCC(=O)NCC(O)C(C)(C)C. The van der Waals surface area contributed by atoms with E-state index in [1.807, 2.05) is 20.8 Å². The molecule has 15 heavy (non-hydrogen) atoms. The van der Waals surface area contributed by atoms with Crippen molar-refractivity contribution in [3.8, 4) is 0 Å². The molecule has 4 heteroatoms. The van der Waals surface area contributed by atoms with Crippen LogP contribution in [-0.4, -0.2) is 35.2 Å². The normalized spacial score (nSPS) is 13.7. The minimum Gasteiger partial charge on any atom is -0.391 e. The lowest BCUT2D eigenvalue weighted by atomic mass is 9.89. The Kier molecular flexibility index (Phi) is 7.02. The Morgan fingerprint density at radius 2 is 2.07 bits per heavy atom. The number of aliphatic hydroxyl groups excluding tert-OH is 1. The summed E-state index contributed by atoms with van der Waals surface area (Å²) in [5.41, 5.74) is -0.175. The summed E-state index contributed by atoms with van der Waals surface area (Å²) < 4.78 is 0. The van der Waals surface area contributed by atoms with E-state index >= 15 is 0 Å². The van der Waals surface area contributed by atoms with Crippen LogP contribution >= 0.6 is 11.8 Å². The maximum atomic E-state index is 11.3. The Morgan fingerprint density at radius 3 is 2.53 bits per heavy atom. The van der Waals surface area contributed by atoms with Gasteiger partial charge in [0, 0.05) is 18.7 Å². The van der Waals surface area contributed by atoms with Gasteiger partial charge in [-0.25, -0.2) is 0 Å². The van der Waals surface area contributed by atoms with Gasteiger partial charge in [-0.05, 0) is 11.2 Å². The maximum absolute atomic E-state index is 11.3. The molecule has 0 bridgehead atoms. The summed E-state index contributed by atoms with van der Waals surface area (Å²) in [7, 11) is 0. The van der Waals surface area contributed by atoms with Gasteiger partial charge < -0.3 is 10.4 Å². The number of aliphatic hydroxyl groups is 1. The fourth-order valence-corrected chi connectivity index (χ4v) is 1.53. The highest BCUT2D eigenvalue weighted by Gasteiger charge is 2.22. The molecule has 0 radical (unpaired) electrons. The van der Waals surface area contributed by atoms with Gasteiger partial charge in [0.1, 0.15) is 0 Å². The van der Waals surface area contributed by atoms with Crippen LogP contribution in [0.25, 0.3) is 0 Å². The Balaban J connectivity index is 3.62. The first-order valence-electron chi connectivity index (χ1n) is 5.40. The smallest absolute Gasteiger partial charge is 0.220 e. The third kappa shape index (κ3) is 7.68. The lowest BCUT2D eigenvalue weighted by Gasteiger charge is -2.25. The maximum Gasteiger partial charge on any atom is 0.220 e. The summed E-state index contributed by atoms with van der Waals surface area (Å²) in [6.07, 6.45) is 0.0512. The molecule has 0 rings (SSSR count). The highest BCUT2D eigenvalue weighted by Crippen LogP contribution is 2.18. The van der Waals surface area contributed by atoms with Crippen LogP contribution in [0.1, 0.15) is 34.1 Å². The van der Waals surface area contributed by atoms with Gasteiger partial charge in [0.25, 0.3) is 0 Å². The van der Waals surface area contributed by atoms with Crippen molar-refractivity contribution < 1.29 is 9.90 Å². The predicted octanol–water partition coefficient (Wildman–Crippen LogP) is 1.65. The fraction of sp³-hybridized carbons (Fsp3) is 0.909. The van der Waals surface area contributed by atoms with Gasteiger partial charge in [-0.3, -0.25) is 4.79 Å². The number of amides is 1. The van der Waals surface area contributed by atoms with Crippen molar-refractivity contribution in [3.63, 3.8) is 0 Å². The highest BCUT2D eigenvalue weighted by molar-refractivity contribution is 7.99. The van der Waals surface area contributed by atoms with Crippen LogP contribution < -0.4 is 5.32 Å². The van der Waals surface area contributed by atoms with Crippen molar-refractivity contribution in [1.82, 2.24) is 5.32 Å². The molecule has 0 spiro atoms. The second kappa shape index (κ2) is 7.12. The Bertz CT molecular complexity index is 190. The summed E-state index contributed by atoms with van der Waals surface area (Å²) in [6.45, 7) is 8.29. The zero-order valence-corrected chi connectivity index (χ0v) is 11.0. The molecule has 0 aromatic heterocycles. The minimum atomic E-state index is -0.486. The Morgan fingerprint density at radius 1 is 1.47 bits per heavy atom. The fourth-order valence-electron chi connectivity index (χ4n) is 0.914. The molecule has 0 aromatic carbocycles. The molecule has 0 saturated heterocycles. The number of hydrogen-bond acceptors (Lipinski definition) is 3. The number of carbonyl (C=O) groups is 1. The predicted molar refractivity (Wildman–Crippen MR) is 66.1 cm³/mol. The average molecular weight is 233 g/mol. The average Bonchev–Trinajstić information content (AvgIpc) is 2.13. The first-order valence-corrected chi connectivity index (χ1v) is 6.56. The Hall–Kier alpha value is -0.220. The van der Waals surface area contributed by atoms with Crippen molar-refractivity contribution in [2.45, 2.75) is 40.2 Å². The van der Waals surface area contributed by atoms with Gasteiger partial charge in [0.05, 0.1) is 6.10 Å². The molecule has 0 heterocycles. The summed E-state index contributed by atoms with van der Waals surface area (Å²) >= 11 is 1.75. The quantitative estimate of drug-likeness (QED) is 0.686. The Labute approximate surface area is 97.0 Å². The summed E-state index contributed by atoms with van der Waals surface area (Å²) in [6, 6.07) is 0. The number of rotatable bonds is 6. The number of carbonyl (C=O) groups excluding carboxylic acids is 1. The van der Waals surface area contributed by atoms with Gasteiger partial charge in [-0.1, -0.05) is 27.7 Å². The lowest BCUT2D eigenvalue weighted by Crippen LogP contribution is -2.39. The van der Waals surface area contributed by atoms with Gasteiger partial charge in [-0.2, -0.15) is 11.8 Å². The van der Waals surface area contributed by atoms with Crippen LogP contribution in [0.4, 0.5) is 0 Å². The molecule has 0 fully saturated rings. The van der Waals surface area contributed by atoms with Gasteiger partial charge in [0.2, 0.25) is 5.91 Å². The molecule has 0 aliphatic carbocycles. The zero-order chi connectivity index (χ0) is 11.9. The van der Waals surface area contributed by atoms with Crippen molar-refractivity contribution in [3.05, 3.63) is 0 Å². The van der Waals surface area contributed by atoms with Gasteiger partial charge in [-0.15, -0.1) is 0 Å². The second-order valence-corrected chi connectivity index (χ2v) is 6.03. The third-order valence-electron chi connectivity index (χ3n) is 2.17. The molecule has 0 aliphatic heterocycles. The molecule has 0 saturated carbocycles. The minimum absolute atomic E-state index is 0.0271. The molecular weight excluding hydrogens is 210 g/mol. The molecule has 1 amide bonds. The van der Waals surface area contributed by atoms with Crippen LogP contribution in [0.5, 0.6) is 0 Å². The molecule has 1 unspecified atom stereocenters. The van der Waals surface area contributed by atoms with Crippen molar-refractivity contribution in [2.75, 3.05) is 18.1 Å². The third-order valence-corrected chi connectivity index (χ3v) is 3.07. The molecule has 0 aromatic rings. The molecule has 2 N–H and O–H groups in total. The van der Waals surface area contributed by atoms with Crippen LogP contribution in [0, 0.1) is 5.41 Å². The van der Waals surface area contributed by atoms with E-state index in [1.54, 1.807) is 11.8 Å². The lowest BCUT2D eigenvalue weighted by molar-refractivity contribution is -0.121. The van der Waals surface area contributed by atoms with E-state index in [4.69, 9.17) is 0 Å². The molecule has 3 nitrogen and oxygen atoms in total. The number of nitrogens with one attached hydrogen (secondary N) is 1. The van der Waals surface area contributed by atoms with Crippen LogP contribution in [0.3, 0.4) is 0 Å². The van der Waals surface area contributed by atoms with E-state index in [0.717, 1.165) is 11.5 Å². The van der Waals surface area contributed by atoms with Crippen molar-refractivity contribution in [2.24, 2.45) is 5.41 Å². The van der Waals surface area contributed by atoms with E-state index in [-0.39, 0.29) is 11.3 Å². The van der Waals surface area contributed by atoms with E-state index in [1.165, 1.54) is 0 Å². The van der Waals surface area contributed by atoms with E-state index in [0.29, 0.717) is 13.0 Å². The summed E-state index contributed by atoms with van der Waals surface area (Å²) in [5, 5.41) is 12.4. The van der Waals surface area contributed by atoms with Gasteiger partial charge in [0.15, 0.2) is 0 Å². The largest absolute Gasteiger partial charge is 0.391 e. The standard InChI is InChI=1S/C11H23NO2S/c1-5-15-7-6-10(14)12-8-9(13)11(2,3)4/h9,13H,5-8H2,1-4H3,(H,12,14). The topological polar surface area (TPSA) is 49.3 Å². The molecular formula is C11H23NO2S. The number of hydrogen-bond donors (Lipinski definition) is 2. The molecule has 0 aliphatic rings. The van der Waals surface area contributed by atoms with E-state index < -0.39 is 6.10 Å². The van der Waals surface area contributed by atoms with Crippen LogP contribution in [0.2, 0.25) is 0 Å². The van der Waals surface area contributed by atoms with Crippen molar-refractivity contribution in [1.29, 1.82) is 0 Å². The monoisotopic (exact) mass is 233 g/mol. The second-order valence-electron chi connectivity index (χ2n) is 4.63. The summed E-state index contributed by atoms with van der Waals surface area (Å²) in [5.74, 6) is 1.92. The van der Waals surface area contributed by atoms with E-state index in [9.17, 15) is 9.90 Å². The summed E-state index contributed by atoms with van der Waals surface area (Å²) in [4.78, 5) is 11.3. The molecule has 90 valence electrons. The van der Waals surface area contributed by atoms with Crippen molar-refractivity contribution >= 4 is 17.7 Å².